The number of piperidine rings is 1. The second-order valence-electron chi connectivity index (χ2n) is 6.36. The number of rotatable bonds is 5. The maximum absolute atomic E-state index is 4.61. The number of nitrogens with zero attached hydrogens (tertiary/aromatic N) is 5. The molecule has 6 heteroatoms. The average Bonchev–Trinajstić information content (AvgIpc) is 2.89. The molecule has 0 N–H and O–H groups in total. The molecule has 2 aromatic heterocycles. The van der Waals surface area contributed by atoms with Gasteiger partial charge in [0.1, 0.15) is 5.82 Å². The minimum atomic E-state index is 0.717. The zero-order chi connectivity index (χ0) is 16.2. The molecule has 0 aromatic carbocycles. The van der Waals surface area contributed by atoms with Crippen LogP contribution in [0, 0.1) is 12.8 Å². The van der Waals surface area contributed by atoms with Crippen molar-refractivity contribution in [3.8, 4) is 0 Å². The molecular formula is C17H25N5S. The summed E-state index contributed by atoms with van der Waals surface area (Å²) >= 11 is 1.66. The van der Waals surface area contributed by atoms with Crippen LogP contribution in [0.3, 0.4) is 0 Å². The second-order valence-corrected chi connectivity index (χ2v) is 7.13. The third-order valence-corrected chi connectivity index (χ3v) is 5.34. The smallest absolute Gasteiger partial charge is 0.190 e. The van der Waals surface area contributed by atoms with Crippen LogP contribution in [-0.4, -0.2) is 44.0 Å². The zero-order valence-electron chi connectivity index (χ0n) is 14.2. The Bertz CT molecular complexity index is 646. The lowest BCUT2D eigenvalue weighted by Gasteiger charge is -2.31. The summed E-state index contributed by atoms with van der Waals surface area (Å²) in [6, 6.07) is 6.28. The van der Waals surface area contributed by atoms with Crippen molar-refractivity contribution in [2.24, 2.45) is 13.0 Å². The van der Waals surface area contributed by atoms with Gasteiger partial charge in [0, 0.05) is 25.7 Å². The largest absolute Gasteiger partial charge is 0.309 e. The van der Waals surface area contributed by atoms with E-state index in [1.807, 2.05) is 6.26 Å². The normalized spacial score (nSPS) is 16.8. The van der Waals surface area contributed by atoms with Gasteiger partial charge in [-0.25, -0.2) is 0 Å². The highest BCUT2D eigenvalue weighted by Gasteiger charge is 2.22. The van der Waals surface area contributed by atoms with E-state index in [0.717, 1.165) is 42.7 Å². The van der Waals surface area contributed by atoms with E-state index >= 15 is 0 Å². The molecule has 0 atom stereocenters. The zero-order valence-corrected chi connectivity index (χ0v) is 15.0. The number of aryl methyl sites for hydroxylation is 1. The van der Waals surface area contributed by atoms with E-state index in [1.54, 1.807) is 11.8 Å². The SMILES string of the molecule is CSc1nnc(CC2CCN(Cc3cccc(C)n3)CC2)n1C. The van der Waals surface area contributed by atoms with Gasteiger partial charge in [-0.3, -0.25) is 9.88 Å². The number of pyridine rings is 1. The molecule has 124 valence electrons. The molecular weight excluding hydrogens is 306 g/mol. The Morgan fingerprint density at radius 2 is 2.00 bits per heavy atom. The summed E-state index contributed by atoms with van der Waals surface area (Å²) in [6.07, 6.45) is 5.55. The van der Waals surface area contributed by atoms with Crippen molar-refractivity contribution in [2.75, 3.05) is 19.3 Å². The van der Waals surface area contributed by atoms with Crippen molar-refractivity contribution in [3.05, 3.63) is 35.4 Å². The molecule has 0 unspecified atom stereocenters. The maximum Gasteiger partial charge on any atom is 0.190 e. The molecule has 0 amide bonds. The third kappa shape index (κ3) is 4.12. The van der Waals surface area contributed by atoms with Gasteiger partial charge < -0.3 is 4.57 Å². The van der Waals surface area contributed by atoms with Gasteiger partial charge in [-0.15, -0.1) is 10.2 Å². The average molecular weight is 331 g/mol. The van der Waals surface area contributed by atoms with Crippen molar-refractivity contribution in [1.29, 1.82) is 0 Å². The molecule has 23 heavy (non-hydrogen) atoms. The highest BCUT2D eigenvalue weighted by molar-refractivity contribution is 7.98. The van der Waals surface area contributed by atoms with E-state index in [-0.39, 0.29) is 0 Å². The molecule has 3 rings (SSSR count). The number of hydrogen-bond acceptors (Lipinski definition) is 5. The molecule has 1 fully saturated rings. The minimum Gasteiger partial charge on any atom is -0.309 e. The van der Waals surface area contributed by atoms with Crippen LogP contribution < -0.4 is 0 Å². The van der Waals surface area contributed by atoms with Gasteiger partial charge in [0.2, 0.25) is 0 Å². The second kappa shape index (κ2) is 7.45. The molecule has 1 saturated heterocycles. The van der Waals surface area contributed by atoms with Gasteiger partial charge >= 0.3 is 0 Å². The van der Waals surface area contributed by atoms with Gasteiger partial charge in [-0.1, -0.05) is 17.8 Å². The predicted molar refractivity (Wildman–Crippen MR) is 93.5 cm³/mol. The molecule has 5 nitrogen and oxygen atoms in total. The fourth-order valence-corrected chi connectivity index (χ4v) is 3.73. The van der Waals surface area contributed by atoms with Crippen molar-refractivity contribution < 1.29 is 0 Å². The van der Waals surface area contributed by atoms with Gasteiger partial charge in [0.15, 0.2) is 5.16 Å². The Kier molecular flexibility index (Phi) is 5.33. The summed E-state index contributed by atoms with van der Waals surface area (Å²) in [4.78, 5) is 7.13. The summed E-state index contributed by atoms with van der Waals surface area (Å²) in [5.74, 6) is 1.84. The van der Waals surface area contributed by atoms with Gasteiger partial charge in [0.05, 0.1) is 5.69 Å². The van der Waals surface area contributed by atoms with E-state index in [2.05, 4.69) is 56.8 Å². The van der Waals surface area contributed by atoms with Crippen LogP contribution in [0.4, 0.5) is 0 Å². The van der Waals surface area contributed by atoms with Crippen LogP contribution in [0.5, 0.6) is 0 Å². The van der Waals surface area contributed by atoms with Crippen molar-refractivity contribution >= 4 is 11.8 Å². The minimum absolute atomic E-state index is 0.717. The van der Waals surface area contributed by atoms with Crippen LogP contribution in [0.2, 0.25) is 0 Å². The maximum atomic E-state index is 4.61. The molecule has 0 radical (unpaired) electrons. The number of likely N-dealkylation sites (tertiary alicyclic amines) is 1. The topological polar surface area (TPSA) is 46.8 Å². The van der Waals surface area contributed by atoms with Crippen LogP contribution in [0.1, 0.15) is 30.1 Å². The quantitative estimate of drug-likeness (QED) is 0.788. The van der Waals surface area contributed by atoms with Gasteiger partial charge in [0.25, 0.3) is 0 Å². The van der Waals surface area contributed by atoms with Crippen molar-refractivity contribution in [1.82, 2.24) is 24.6 Å². The fraction of sp³-hybridized carbons (Fsp3) is 0.588. The third-order valence-electron chi connectivity index (χ3n) is 4.62. The first-order valence-electron chi connectivity index (χ1n) is 8.23. The van der Waals surface area contributed by atoms with Crippen LogP contribution in [0.25, 0.3) is 0 Å². The lowest BCUT2D eigenvalue weighted by Crippen LogP contribution is -2.34. The molecule has 1 aliphatic heterocycles. The van der Waals surface area contributed by atoms with Crippen LogP contribution in [-0.2, 0) is 20.0 Å². The Labute approximate surface area is 142 Å². The van der Waals surface area contributed by atoms with E-state index in [1.165, 1.54) is 18.5 Å². The van der Waals surface area contributed by atoms with Crippen LogP contribution >= 0.6 is 11.8 Å². The number of hydrogen-bond donors (Lipinski definition) is 0. The first-order chi connectivity index (χ1) is 11.2. The lowest BCUT2D eigenvalue weighted by molar-refractivity contribution is 0.173. The first kappa shape index (κ1) is 16.5. The van der Waals surface area contributed by atoms with Crippen LogP contribution in [0.15, 0.2) is 23.4 Å². The summed E-state index contributed by atoms with van der Waals surface area (Å²) in [7, 11) is 2.07. The number of aromatic nitrogens is 4. The molecule has 0 saturated carbocycles. The molecule has 0 bridgehead atoms. The van der Waals surface area contributed by atoms with Gasteiger partial charge in [-0.2, -0.15) is 0 Å². The van der Waals surface area contributed by atoms with E-state index < -0.39 is 0 Å². The van der Waals surface area contributed by atoms with Gasteiger partial charge in [-0.05, 0) is 57.2 Å². The number of thioether (sulfide) groups is 1. The molecule has 1 aliphatic rings. The predicted octanol–water partition coefficient (Wildman–Crippen LogP) is 2.70. The Morgan fingerprint density at radius 3 is 2.65 bits per heavy atom. The monoisotopic (exact) mass is 331 g/mol. The fourth-order valence-electron chi connectivity index (χ4n) is 3.22. The highest BCUT2D eigenvalue weighted by atomic mass is 32.2. The summed E-state index contributed by atoms with van der Waals surface area (Å²) in [5.41, 5.74) is 2.28. The van der Waals surface area contributed by atoms with E-state index in [0.29, 0.717) is 5.92 Å². The molecule has 3 heterocycles. The van der Waals surface area contributed by atoms with E-state index in [9.17, 15) is 0 Å². The Hall–Kier alpha value is -1.40. The van der Waals surface area contributed by atoms with Crippen molar-refractivity contribution in [2.45, 2.75) is 37.9 Å². The van der Waals surface area contributed by atoms with E-state index in [4.69, 9.17) is 0 Å². The molecule has 2 aromatic rings. The molecule has 0 aliphatic carbocycles. The molecule has 0 spiro atoms. The summed E-state index contributed by atoms with van der Waals surface area (Å²) < 4.78 is 2.13. The van der Waals surface area contributed by atoms with Crippen molar-refractivity contribution in [3.63, 3.8) is 0 Å². The summed E-state index contributed by atoms with van der Waals surface area (Å²) in [6.45, 7) is 5.31. The Balaban J connectivity index is 1.51. The summed E-state index contributed by atoms with van der Waals surface area (Å²) in [5, 5.41) is 9.58. The Morgan fingerprint density at radius 1 is 1.22 bits per heavy atom. The first-order valence-corrected chi connectivity index (χ1v) is 9.45. The highest BCUT2D eigenvalue weighted by Crippen LogP contribution is 2.23. The lowest BCUT2D eigenvalue weighted by atomic mass is 9.93. The standard InChI is InChI=1S/C17H25N5S/c1-13-5-4-6-15(18-13)12-22-9-7-14(8-10-22)11-16-19-20-17(23-3)21(16)2/h4-6,14H,7-12H2,1-3H3.